The Labute approximate surface area is 131 Å². The number of piperidine rings is 1. The summed E-state index contributed by atoms with van der Waals surface area (Å²) in [5.74, 6) is 6.36. The van der Waals surface area contributed by atoms with Crippen molar-refractivity contribution >= 4 is 6.09 Å². The minimum atomic E-state index is -0.509. The van der Waals surface area contributed by atoms with Gasteiger partial charge in [0.2, 0.25) is 0 Å². The normalized spacial score (nSPS) is 26.5. The molecule has 0 spiro atoms. The Morgan fingerprint density at radius 1 is 1.36 bits per heavy atom. The number of benzene rings is 1. The number of ether oxygens (including phenoxy) is 2. The Bertz CT molecular complexity index is 623. The Kier molecular flexibility index (Phi) is 3.62. The molecule has 0 saturated carbocycles. The predicted octanol–water partition coefficient (Wildman–Crippen LogP) is 2.82. The summed E-state index contributed by atoms with van der Waals surface area (Å²) in [5.41, 5.74) is -0.0350. The van der Waals surface area contributed by atoms with E-state index in [0.717, 1.165) is 12.0 Å². The van der Waals surface area contributed by atoms with E-state index >= 15 is 0 Å². The van der Waals surface area contributed by atoms with E-state index < -0.39 is 11.2 Å². The van der Waals surface area contributed by atoms with Crippen molar-refractivity contribution in [2.45, 2.75) is 44.5 Å². The second kappa shape index (κ2) is 5.33. The van der Waals surface area contributed by atoms with Crippen LogP contribution in [0.5, 0.6) is 0 Å². The fourth-order valence-electron chi connectivity index (χ4n) is 2.62. The first-order valence-corrected chi connectivity index (χ1v) is 7.62. The number of carbonyl (C=O) groups excluding carboxylic acids is 1. The fourth-order valence-corrected chi connectivity index (χ4v) is 2.62. The standard InChI is InChI=1S/C18H21NO3/c1-17(2,3)22-16(20)19-12-10-15-18(13-19,21-15)11-9-14-7-5-4-6-8-14/h4-8,15H,10,12-13H2,1-3H3/t15-,18+/m0/s1. The van der Waals surface area contributed by atoms with Gasteiger partial charge < -0.3 is 14.4 Å². The molecule has 1 aromatic carbocycles. The third kappa shape index (κ3) is 3.26. The van der Waals surface area contributed by atoms with Crippen LogP contribution in [-0.4, -0.2) is 41.4 Å². The molecule has 1 amide bonds. The van der Waals surface area contributed by atoms with Gasteiger partial charge in [-0.2, -0.15) is 0 Å². The molecule has 0 aromatic heterocycles. The smallest absolute Gasteiger partial charge is 0.410 e. The fraction of sp³-hybridized carbons (Fsp3) is 0.500. The number of nitrogens with zero attached hydrogens (tertiary/aromatic N) is 1. The predicted molar refractivity (Wildman–Crippen MR) is 83.3 cm³/mol. The van der Waals surface area contributed by atoms with E-state index in [2.05, 4.69) is 11.8 Å². The first-order chi connectivity index (χ1) is 10.4. The second-order valence-corrected chi connectivity index (χ2v) is 6.80. The molecular formula is C18H21NO3. The van der Waals surface area contributed by atoms with Gasteiger partial charge in [0, 0.05) is 12.1 Å². The van der Waals surface area contributed by atoms with Gasteiger partial charge in [0.1, 0.15) is 11.7 Å². The van der Waals surface area contributed by atoms with Crippen molar-refractivity contribution in [2.75, 3.05) is 13.1 Å². The number of epoxide rings is 1. The van der Waals surface area contributed by atoms with Crippen molar-refractivity contribution in [3.8, 4) is 11.8 Å². The van der Waals surface area contributed by atoms with Crippen LogP contribution in [0.25, 0.3) is 0 Å². The lowest BCUT2D eigenvalue weighted by molar-refractivity contribution is 0.0211. The van der Waals surface area contributed by atoms with Crippen LogP contribution in [0.3, 0.4) is 0 Å². The third-order valence-electron chi connectivity index (χ3n) is 3.75. The highest BCUT2D eigenvalue weighted by Crippen LogP contribution is 2.42. The molecule has 0 N–H and O–H groups in total. The van der Waals surface area contributed by atoms with E-state index in [9.17, 15) is 4.79 Å². The first kappa shape index (κ1) is 14.9. The van der Waals surface area contributed by atoms with E-state index in [1.807, 2.05) is 51.1 Å². The van der Waals surface area contributed by atoms with E-state index in [-0.39, 0.29) is 12.2 Å². The maximum Gasteiger partial charge on any atom is 0.410 e. The summed E-state index contributed by atoms with van der Waals surface area (Å²) in [6, 6.07) is 9.82. The van der Waals surface area contributed by atoms with Crippen LogP contribution in [0, 0.1) is 11.8 Å². The molecule has 4 nitrogen and oxygen atoms in total. The summed E-state index contributed by atoms with van der Waals surface area (Å²) in [4.78, 5) is 13.9. The quantitative estimate of drug-likeness (QED) is 0.546. The number of likely N-dealkylation sites (tertiary alicyclic amines) is 1. The average molecular weight is 299 g/mol. The Hall–Kier alpha value is -1.99. The number of rotatable bonds is 0. The summed E-state index contributed by atoms with van der Waals surface area (Å²) in [7, 11) is 0. The van der Waals surface area contributed by atoms with Gasteiger partial charge >= 0.3 is 6.09 Å². The molecule has 3 rings (SSSR count). The maximum atomic E-state index is 12.2. The first-order valence-electron chi connectivity index (χ1n) is 7.62. The lowest BCUT2D eigenvalue weighted by Gasteiger charge is -2.30. The minimum Gasteiger partial charge on any atom is -0.444 e. The Morgan fingerprint density at radius 3 is 2.77 bits per heavy atom. The summed E-state index contributed by atoms with van der Waals surface area (Å²) in [6.45, 7) is 6.75. The third-order valence-corrected chi connectivity index (χ3v) is 3.75. The molecule has 2 atom stereocenters. The zero-order valence-electron chi connectivity index (χ0n) is 13.3. The lowest BCUT2D eigenvalue weighted by Crippen LogP contribution is -2.46. The zero-order chi connectivity index (χ0) is 15.8. The highest BCUT2D eigenvalue weighted by molar-refractivity contribution is 5.69. The van der Waals surface area contributed by atoms with Gasteiger partial charge in [-0.05, 0) is 39.3 Å². The Morgan fingerprint density at radius 2 is 2.09 bits per heavy atom. The topological polar surface area (TPSA) is 42.1 Å². The van der Waals surface area contributed by atoms with Crippen LogP contribution in [0.4, 0.5) is 4.79 Å². The van der Waals surface area contributed by atoms with Crippen molar-refractivity contribution in [1.82, 2.24) is 4.90 Å². The highest BCUT2D eigenvalue weighted by atomic mass is 16.6. The number of hydrogen-bond acceptors (Lipinski definition) is 3. The molecule has 2 aliphatic rings. The largest absolute Gasteiger partial charge is 0.444 e. The monoisotopic (exact) mass is 299 g/mol. The van der Waals surface area contributed by atoms with E-state index in [1.54, 1.807) is 4.90 Å². The molecular weight excluding hydrogens is 278 g/mol. The van der Waals surface area contributed by atoms with Crippen LogP contribution in [0.1, 0.15) is 32.8 Å². The number of hydrogen-bond donors (Lipinski definition) is 0. The molecule has 2 aliphatic heterocycles. The van der Waals surface area contributed by atoms with Crippen LogP contribution in [0.15, 0.2) is 30.3 Å². The van der Waals surface area contributed by atoms with Gasteiger partial charge in [0.05, 0.1) is 6.54 Å². The van der Waals surface area contributed by atoms with Gasteiger partial charge in [-0.3, -0.25) is 0 Å². The SMILES string of the molecule is CC(C)(C)OC(=O)N1CC[C@@H]2O[C@]2(C#Cc2ccccc2)C1. The molecule has 2 saturated heterocycles. The number of amides is 1. The van der Waals surface area contributed by atoms with E-state index in [0.29, 0.717) is 13.1 Å². The van der Waals surface area contributed by atoms with Crippen molar-refractivity contribution in [1.29, 1.82) is 0 Å². The van der Waals surface area contributed by atoms with Gasteiger partial charge in [-0.15, -0.1) is 0 Å². The highest BCUT2D eigenvalue weighted by Gasteiger charge is 2.59. The van der Waals surface area contributed by atoms with E-state index in [1.165, 1.54) is 0 Å². The maximum absolute atomic E-state index is 12.2. The molecule has 0 radical (unpaired) electrons. The van der Waals surface area contributed by atoms with Crippen LogP contribution in [0.2, 0.25) is 0 Å². The van der Waals surface area contributed by atoms with Crippen molar-refractivity contribution in [3.05, 3.63) is 35.9 Å². The molecule has 0 bridgehead atoms. The molecule has 22 heavy (non-hydrogen) atoms. The molecule has 4 heteroatoms. The Balaban J connectivity index is 1.69. The zero-order valence-corrected chi connectivity index (χ0v) is 13.3. The average Bonchev–Trinajstić information content (AvgIpc) is 3.18. The molecule has 1 aromatic rings. The van der Waals surface area contributed by atoms with Crippen LogP contribution in [-0.2, 0) is 9.47 Å². The summed E-state index contributed by atoms with van der Waals surface area (Å²) in [6.07, 6.45) is 0.660. The van der Waals surface area contributed by atoms with Gasteiger partial charge in [-0.1, -0.05) is 30.0 Å². The number of carbonyl (C=O) groups is 1. The second-order valence-electron chi connectivity index (χ2n) is 6.80. The number of fused-ring (bicyclic) bond motifs is 1. The minimum absolute atomic E-state index is 0.141. The molecule has 0 unspecified atom stereocenters. The van der Waals surface area contributed by atoms with Crippen LogP contribution >= 0.6 is 0 Å². The summed E-state index contributed by atoms with van der Waals surface area (Å²) < 4.78 is 11.2. The molecule has 2 heterocycles. The molecule has 2 fully saturated rings. The van der Waals surface area contributed by atoms with Gasteiger partial charge in [-0.25, -0.2) is 4.79 Å². The van der Waals surface area contributed by atoms with Crippen LogP contribution < -0.4 is 0 Å². The molecule has 0 aliphatic carbocycles. The van der Waals surface area contributed by atoms with Crippen molar-refractivity contribution < 1.29 is 14.3 Å². The van der Waals surface area contributed by atoms with Crippen molar-refractivity contribution in [2.24, 2.45) is 0 Å². The summed E-state index contributed by atoms with van der Waals surface area (Å²) >= 11 is 0. The lowest BCUT2D eigenvalue weighted by atomic mass is 9.98. The van der Waals surface area contributed by atoms with Gasteiger partial charge in [0.25, 0.3) is 0 Å². The summed E-state index contributed by atoms with van der Waals surface area (Å²) in [5, 5.41) is 0. The van der Waals surface area contributed by atoms with E-state index in [4.69, 9.17) is 9.47 Å². The van der Waals surface area contributed by atoms with Gasteiger partial charge in [0.15, 0.2) is 5.60 Å². The molecule has 116 valence electrons. The van der Waals surface area contributed by atoms with Crippen molar-refractivity contribution in [3.63, 3.8) is 0 Å².